The highest BCUT2D eigenvalue weighted by Gasteiger charge is 2.48. The number of rotatable bonds is 10. The van der Waals surface area contributed by atoms with Crippen LogP contribution >= 0.6 is 0 Å². The average Bonchev–Trinajstić information content (AvgIpc) is 3.70. The molecule has 3 heterocycles. The molecule has 1 aliphatic heterocycles. The molecule has 14 nitrogen and oxygen atoms in total. The summed E-state index contributed by atoms with van der Waals surface area (Å²) in [5.74, 6) is -1.30. The van der Waals surface area contributed by atoms with E-state index in [4.69, 9.17) is 29.1 Å². The second kappa shape index (κ2) is 12.9. The number of carboxylic acid groups (broad SMARTS) is 1. The summed E-state index contributed by atoms with van der Waals surface area (Å²) in [7, 11) is 0. The number of nitrogens with two attached hydrogens (primary N) is 1. The number of anilines is 1. The summed E-state index contributed by atoms with van der Waals surface area (Å²) in [4.78, 5) is 28.0. The summed E-state index contributed by atoms with van der Waals surface area (Å²) >= 11 is 0. The SMILES string of the molecule is Nc1ccc(CCOc2ccc(-c3cc(=O)c4c(O)c(OC5CCCC5)c(O[C@@H]5O[C@H](C(=O)O)[C@@H](O)[C@@H](O)[C@H]5O)cc4o3)cc2)[nH]1. The van der Waals surface area contributed by atoms with Crippen LogP contribution in [0.4, 0.5) is 5.82 Å². The first-order chi connectivity index (χ1) is 22.1. The predicted octanol–water partition coefficient (Wildman–Crippen LogP) is 2.29. The van der Waals surface area contributed by atoms with E-state index in [0.29, 0.717) is 43.0 Å². The van der Waals surface area contributed by atoms with Crippen LogP contribution in [0.2, 0.25) is 0 Å². The predicted molar refractivity (Wildman–Crippen MR) is 162 cm³/mol. The first-order valence-electron chi connectivity index (χ1n) is 14.8. The van der Waals surface area contributed by atoms with Crippen LogP contribution < -0.4 is 25.4 Å². The summed E-state index contributed by atoms with van der Waals surface area (Å²) < 4.78 is 28.9. The number of H-pyrrole nitrogens is 1. The van der Waals surface area contributed by atoms with Crippen LogP contribution in [0.3, 0.4) is 0 Å². The number of carbonyl (C=O) groups is 1. The molecule has 1 saturated heterocycles. The number of phenolic OH excluding ortho intramolecular Hbond substituents is 1. The lowest BCUT2D eigenvalue weighted by atomic mass is 9.99. The molecule has 0 unspecified atom stereocenters. The number of hydrogen-bond acceptors (Lipinski definition) is 12. The number of hydrogen-bond donors (Lipinski definition) is 7. The summed E-state index contributed by atoms with van der Waals surface area (Å²) in [5.41, 5.74) is 6.51. The van der Waals surface area contributed by atoms with E-state index in [1.54, 1.807) is 30.3 Å². The fourth-order valence-electron chi connectivity index (χ4n) is 5.65. The van der Waals surface area contributed by atoms with Gasteiger partial charge in [-0.2, -0.15) is 0 Å². The minimum Gasteiger partial charge on any atom is -0.504 e. The Kier molecular flexibility index (Phi) is 8.77. The molecular weight excluding hydrogens is 604 g/mol. The van der Waals surface area contributed by atoms with Crippen molar-refractivity contribution < 1.29 is 53.7 Å². The maximum Gasteiger partial charge on any atom is 0.335 e. The van der Waals surface area contributed by atoms with E-state index in [0.717, 1.165) is 18.5 Å². The molecule has 1 saturated carbocycles. The fourth-order valence-corrected chi connectivity index (χ4v) is 5.65. The highest BCUT2D eigenvalue weighted by Crippen LogP contribution is 2.45. The summed E-state index contributed by atoms with van der Waals surface area (Å²) in [6.07, 6.45) is -5.98. The van der Waals surface area contributed by atoms with Gasteiger partial charge in [0.1, 0.15) is 46.6 Å². The van der Waals surface area contributed by atoms with E-state index < -0.39 is 47.9 Å². The van der Waals surface area contributed by atoms with Gasteiger partial charge in [0.15, 0.2) is 23.0 Å². The van der Waals surface area contributed by atoms with Crippen LogP contribution in [-0.2, 0) is 16.0 Å². The number of carboxylic acids is 1. The van der Waals surface area contributed by atoms with Crippen molar-refractivity contribution in [3.8, 4) is 34.3 Å². The number of aliphatic carboxylic acids is 1. The number of benzene rings is 2. The molecule has 0 spiro atoms. The van der Waals surface area contributed by atoms with E-state index in [9.17, 15) is 35.1 Å². The Bertz CT molecular complexity index is 1760. The van der Waals surface area contributed by atoms with Crippen molar-refractivity contribution in [1.29, 1.82) is 0 Å². The molecule has 0 radical (unpaired) electrons. The number of fused-ring (bicyclic) bond motifs is 1. The largest absolute Gasteiger partial charge is 0.504 e. The summed E-state index contributed by atoms with van der Waals surface area (Å²) in [5, 5.41) is 51.4. The van der Waals surface area contributed by atoms with Gasteiger partial charge in [0, 0.05) is 29.8 Å². The van der Waals surface area contributed by atoms with Gasteiger partial charge in [0.2, 0.25) is 12.0 Å². The Labute approximate surface area is 261 Å². The van der Waals surface area contributed by atoms with Crippen LogP contribution in [0.1, 0.15) is 31.4 Å². The molecule has 5 atom stereocenters. The minimum atomic E-state index is -1.93. The number of aromatic amines is 1. The smallest absolute Gasteiger partial charge is 0.335 e. The van der Waals surface area contributed by atoms with Crippen molar-refractivity contribution in [3.63, 3.8) is 0 Å². The molecule has 46 heavy (non-hydrogen) atoms. The molecule has 4 aromatic rings. The number of nitrogen functional groups attached to an aromatic ring is 1. The van der Waals surface area contributed by atoms with E-state index in [1.165, 1.54) is 12.1 Å². The van der Waals surface area contributed by atoms with Gasteiger partial charge >= 0.3 is 5.97 Å². The molecule has 2 aromatic carbocycles. The Hall–Kier alpha value is -4.76. The van der Waals surface area contributed by atoms with Gasteiger partial charge < -0.3 is 59.6 Å². The standard InChI is InChI=1S/C32H34N2O12/c33-23-10-7-16(34-23)11-12-42-17-8-5-15(6-9-17)20-13-19(35)24-21(44-20)14-22(29(25(24)36)43-18-3-1-2-4-18)45-32-28(39)26(37)27(38)30(46-32)31(40)41/h5-10,13-14,18,26-28,30,32,34,36-39H,1-4,11-12,33H2,(H,40,41)/t26-,27+,28-,30+,32-/m1/s1. The van der Waals surface area contributed by atoms with Crippen LogP contribution in [0, 0.1) is 0 Å². The zero-order chi connectivity index (χ0) is 32.5. The van der Waals surface area contributed by atoms with Gasteiger partial charge in [0.25, 0.3) is 0 Å². The normalized spacial score (nSPS) is 23.4. The number of aliphatic hydroxyl groups excluding tert-OH is 3. The molecule has 6 rings (SSSR count). The van der Waals surface area contributed by atoms with Crippen molar-refractivity contribution in [3.05, 3.63) is 64.4 Å². The molecule has 244 valence electrons. The molecule has 8 N–H and O–H groups in total. The first-order valence-corrected chi connectivity index (χ1v) is 14.8. The van der Waals surface area contributed by atoms with Gasteiger partial charge in [-0.25, -0.2) is 4.79 Å². The number of nitrogens with one attached hydrogen (secondary N) is 1. The summed E-state index contributed by atoms with van der Waals surface area (Å²) in [6, 6.07) is 13.0. The highest BCUT2D eigenvalue weighted by atomic mass is 16.7. The lowest BCUT2D eigenvalue weighted by molar-refractivity contribution is -0.271. The third-order valence-corrected chi connectivity index (χ3v) is 8.10. The van der Waals surface area contributed by atoms with E-state index in [1.807, 2.05) is 6.07 Å². The van der Waals surface area contributed by atoms with Crippen LogP contribution in [0.15, 0.2) is 57.7 Å². The zero-order valence-corrected chi connectivity index (χ0v) is 24.5. The minimum absolute atomic E-state index is 0.0972. The third-order valence-electron chi connectivity index (χ3n) is 8.10. The Balaban J connectivity index is 1.30. The maximum atomic E-state index is 13.3. The second-order valence-electron chi connectivity index (χ2n) is 11.3. The number of aliphatic hydroxyl groups is 3. The number of ether oxygens (including phenoxy) is 4. The van der Waals surface area contributed by atoms with Crippen LogP contribution in [0.25, 0.3) is 22.3 Å². The van der Waals surface area contributed by atoms with Gasteiger partial charge in [-0.15, -0.1) is 0 Å². The van der Waals surface area contributed by atoms with Crippen LogP contribution in [-0.4, -0.2) is 79.9 Å². The fraction of sp³-hybridized carbons (Fsp3) is 0.375. The Morgan fingerprint density at radius 1 is 0.978 bits per heavy atom. The Morgan fingerprint density at radius 2 is 1.72 bits per heavy atom. The Morgan fingerprint density at radius 3 is 2.39 bits per heavy atom. The quantitative estimate of drug-likeness (QED) is 0.132. The lowest BCUT2D eigenvalue weighted by Gasteiger charge is -2.38. The third kappa shape index (κ3) is 6.33. The monoisotopic (exact) mass is 638 g/mol. The molecule has 1 aliphatic carbocycles. The van der Waals surface area contributed by atoms with E-state index in [2.05, 4.69) is 4.98 Å². The molecule has 0 amide bonds. The van der Waals surface area contributed by atoms with Gasteiger partial charge in [-0.3, -0.25) is 4.79 Å². The number of phenols is 1. The van der Waals surface area contributed by atoms with Crippen molar-refractivity contribution in [2.24, 2.45) is 0 Å². The lowest BCUT2D eigenvalue weighted by Crippen LogP contribution is -2.61. The van der Waals surface area contributed by atoms with E-state index >= 15 is 0 Å². The van der Waals surface area contributed by atoms with Gasteiger partial charge in [-0.05, 0) is 62.1 Å². The van der Waals surface area contributed by atoms with E-state index in [-0.39, 0.29) is 34.3 Å². The molecular formula is C32H34N2O12. The molecule has 2 aliphatic rings. The van der Waals surface area contributed by atoms with Crippen LogP contribution in [0.5, 0.6) is 23.0 Å². The topological polar surface area (TPSA) is 227 Å². The average molecular weight is 639 g/mol. The number of aromatic hydroxyl groups is 1. The maximum absolute atomic E-state index is 13.3. The molecule has 2 aromatic heterocycles. The zero-order valence-electron chi connectivity index (χ0n) is 24.5. The molecule has 14 heteroatoms. The summed E-state index contributed by atoms with van der Waals surface area (Å²) in [6.45, 7) is 0.403. The first kappa shape index (κ1) is 31.2. The number of aromatic nitrogens is 1. The second-order valence-corrected chi connectivity index (χ2v) is 11.3. The van der Waals surface area contributed by atoms with Gasteiger partial charge in [-0.1, -0.05) is 0 Å². The molecule has 2 fully saturated rings. The molecule has 0 bridgehead atoms. The van der Waals surface area contributed by atoms with Crippen molar-refractivity contribution in [1.82, 2.24) is 4.98 Å². The highest BCUT2D eigenvalue weighted by molar-refractivity contribution is 5.89. The van der Waals surface area contributed by atoms with Crippen molar-refractivity contribution in [2.45, 2.75) is 68.9 Å². The van der Waals surface area contributed by atoms with Gasteiger partial charge in [0.05, 0.1) is 12.7 Å². The van der Waals surface area contributed by atoms with Crippen molar-refractivity contribution in [2.75, 3.05) is 12.3 Å². The van der Waals surface area contributed by atoms with Crippen molar-refractivity contribution >= 4 is 22.8 Å².